The zero-order valence-electron chi connectivity index (χ0n) is 6.44. The molecule has 0 fully saturated rings. The van der Waals surface area contributed by atoms with Gasteiger partial charge in [0.25, 0.3) is 0 Å². The van der Waals surface area contributed by atoms with Crippen LogP contribution in [0.25, 0.3) is 0 Å². The molecule has 11 heavy (non-hydrogen) atoms. The van der Waals surface area contributed by atoms with Crippen molar-refractivity contribution in [2.75, 3.05) is 20.8 Å². The Morgan fingerprint density at radius 3 is 2.36 bits per heavy atom. The molecule has 0 heterocycles. The number of phosphoric ester groups is 1. The number of nitrogens with zero attached hydrogens (tertiary/aromatic N) is 1. The van der Waals surface area contributed by atoms with E-state index in [4.69, 9.17) is 5.26 Å². The highest BCUT2D eigenvalue weighted by atomic mass is 31.2. The van der Waals surface area contributed by atoms with Crippen molar-refractivity contribution in [1.29, 1.82) is 5.26 Å². The van der Waals surface area contributed by atoms with Crippen molar-refractivity contribution in [2.24, 2.45) is 0 Å². The Labute approximate surface area is 65.5 Å². The lowest BCUT2D eigenvalue weighted by atomic mass is 10.5. The Morgan fingerprint density at radius 2 is 2.00 bits per heavy atom. The summed E-state index contributed by atoms with van der Waals surface area (Å²) in [4.78, 5) is 0. The van der Waals surface area contributed by atoms with Gasteiger partial charge in [-0.05, 0) is 0 Å². The van der Waals surface area contributed by atoms with Gasteiger partial charge in [0.15, 0.2) is 0 Å². The van der Waals surface area contributed by atoms with Gasteiger partial charge in [-0.3, -0.25) is 13.6 Å². The molecule has 0 unspecified atom stereocenters. The summed E-state index contributed by atoms with van der Waals surface area (Å²) >= 11 is 0. The van der Waals surface area contributed by atoms with Gasteiger partial charge in [-0.1, -0.05) is 0 Å². The van der Waals surface area contributed by atoms with Crippen LogP contribution in [0.5, 0.6) is 0 Å². The fourth-order valence-electron chi connectivity index (χ4n) is 0.383. The first-order valence-electron chi connectivity index (χ1n) is 2.91. The summed E-state index contributed by atoms with van der Waals surface area (Å²) in [7, 11) is -0.924. The summed E-state index contributed by atoms with van der Waals surface area (Å²) in [5, 5.41) is 8.11. The molecule has 0 aromatic rings. The first-order chi connectivity index (χ1) is 5.18. The van der Waals surface area contributed by atoms with Crippen molar-refractivity contribution in [3.05, 3.63) is 0 Å². The standard InChI is InChI=1S/C5H10NO4P/c1-8-11(7,9-2)10-5-3-4-6/h3,5H2,1-2H3. The van der Waals surface area contributed by atoms with E-state index in [0.717, 1.165) is 0 Å². The van der Waals surface area contributed by atoms with Crippen LogP contribution < -0.4 is 0 Å². The van der Waals surface area contributed by atoms with Gasteiger partial charge < -0.3 is 0 Å². The second-order valence-corrected chi connectivity index (χ2v) is 3.44. The van der Waals surface area contributed by atoms with Crippen molar-refractivity contribution < 1.29 is 18.1 Å². The predicted molar refractivity (Wildman–Crippen MR) is 37.8 cm³/mol. The summed E-state index contributed by atoms with van der Waals surface area (Å²) in [6.45, 7) is 0.0510. The summed E-state index contributed by atoms with van der Waals surface area (Å²) < 4.78 is 24.6. The largest absolute Gasteiger partial charge is 0.474 e. The van der Waals surface area contributed by atoms with Gasteiger partial charge >= 0.3 is 7.82 Å². The Hall–Kier alpha value is -0.400. The molecule has 0 aromatic carbocycles. The van der Waals surface area contributed by atoms with Crippen molar-refractivity contribution in [3.8, 4) is 6.07 Å². The van der Waals surface area contributed by atoms with E-state index in [1.54, 1.807) is 0 Å². The van der Waals surface area contributed by atoms with Crippen LogP contribution in [-0.2, 0) is 18.1 Å². The first kappa shape index (κ1) is 10.6. The monoisotopic (exact) mass is 179 g/mol. The summed E-state index contributed by atoms with van der Waals surface area (Å²) in [6.07, 6.45) is 0.163. The van der Waals surface area contributed by atoms with E-state index in [1.165, 1.54) is 14.2 Å². The highest BCUT2D eigenvalue weighted by Gasteiger charge is 2.21. The van der Waals surface area contributed by atoms with E-state index in [2.05, 4.69) is 13.6 Å². The normalized spacial score (nSPS) is 11.0. The topological polar surface area (TPSA) is 68.6 Å². The maximum atomic E-state index is 11.0. The number of rotatable bonds is 5. The SMILES string of the molecule is COP(=O)(OC)OCCC#N. The third-order valence-corrected chi connectivity index (χ3v) is 2.30. The summed E-state index contributed by atoms with van der Waals surface area (Å²) in [6, 6.07) is 1.83. The van der Waals surface area contributed by atoms with E-state index in [0.29, 0.717) is 0 Å². The van der Waals surface area contributed by atoms with Crippen LogP contribution in [0.1, 0.15) is 6.42 Å². The van der Waals surface area contributed by atoms with Crippen molar-refractivity contribution >= 4 is 7.82 Å². The molecule has 0 spiro atoms. The van der Waals surface area contributed by atoms with Crippen LogP contribution in [0.2, 0.25) is 0 Å². The minimum atomic E-state index is -3.36. The van der Waals surface area contributed by atoms with Crippen LogP contribution in [0.3, 0.4) is 0 Å². The number of phosphoric acid groups is 1. The van der Waals surface area contributed by atoms with Crippen LogP contribution >= 0.6 is 7.82 Å². The molecule has 0 aliphatic rings. The van der Waals surface area contributed by atoms with E-state index in [9.17, 15) is 4.57 Å². The van der Waals surface area contributed by atoms with Crippen LogP contribution in [-0.4, -0.2) is 20.8 Å². The van der Waals surface area contributed by atoms with Crippen LogP contribution in [0, 0.1) is 11.3 Å². The molecule has 0 aromatic heterocycles. The highest BCUT2D eigenvalue weighted by molar-refractivity contribution is 7.48. The molecule has 0 N–H and O–H groups in total. The quantitative estimate of drug-likeness (QED) is 0.470. The molecule has 5 nitrogen and oxygen atoms in total. The van der Waals surface area contributed by atoms with E-state index < -0.39 is 7.82 Å². The number of nitriles is 1. The zero-order chi connectivity index (χ0) is 8.74. The third-order valence-electron chi connectivity index (χ3n) is 0.910. The average molecular weight is 179 g/mol. The maximum Gasteiger partial charge on any atom is 0.474 e. The van der Waals surface area contributed by atoms with Gasteiger partial charge in [-0.15, -0.1) is 0 Å². The minimum absolute atomic E-state index is 0.0510. The lowest BCUT2D eigenvalue weighted by Crippen LogP contribution is -1.95. The van der Waals surface area contributed by atoms with Crippen LogP contribution in [0.4, 0.5) is 0 Å². The highest BCUT2D eigenvalue weighted by Crippen LogP contribution is 2.47. The second-order valence-electron chi connectivity index (χ2n) is 1.55. The molecule has 0 aliphatic heterocycles. The molecule has 64 valence electrons. The third kappa shape index (κ3) is 4.12. The van der Waals surface area contributed by atoms with E-state index in [1.807, 2.05) is 6.07 Å². The maximum absolute atomic E-state index is 11.0. The summed E-state index contributed by atoms with van der Waals surface area (Å²) in [5.41, 5.74) is 0. The van der Waals surface area contributed by atoms with Crippen molar-refractivity contribution in [3.63, 3.8) is 0 Å². The van der Waals surface area contributed by atoms with Gasteiger partial charge in [0.1, 0.15) is 0 Å². The van der Waals surface area contributed by atoms with Crippen molar-refractivity contribution in [2.45, 2.75) is 6.42 Å². The van der Waals surface area contributed by atoms with Gasteiger partial charge in [-0.25, -0.2) is 4.57 Å². The summed E-state index contributed by atoms with van der Waals surface area (Å²) in [5.74, 6) is 0. The first-order valence-corrected chi connectivity index (χ1v) is 4.37. The predicted octanol–water partition coefficient (Wildman–Crippen LogP) is 1.32. The minimum Gasteiger partial charge on any atom is -0.290 e. The lowest BCUT2D eigenvalue weighted by Gasteiger charge is -2.11. The molecule has 0 saturated heterocycles. The molecule has 0 atom stereocenters. The van der Waals surface area contributed by atoms with Gasteiger partial charge in [0.2, 0.25) is 0 Å². The Kier molecular flexibility index (Phi) is 5.08. The Bertz CT molecular complexity index is 179. The molecule has 0 saturated carbocycles. The number of hydrogen-bond donors (Lipinski definition) is 0. The molecular formula is C5H10NO4P. The smallest absolute Gasteiger partial charge is 0.290 e. The molecule has 6 heteroatoms. The van der Waals surface area contributed by atoms with Crippen LogP contribution in [0.15, 0.2) is 0 Å². The lowest BCUT2D eigenvalue weighted by molar-refractivity contribution is 0.155. The van der Waals surface area contributed by atoms with E-state index >= 15 is 0 Å². The molecule has 0 amide bonds. The Morgan fingerprint density at radius 1 is 1.45 bits per heavy atom. The molecule has 0 rings (SSSR count). The second kappa shape index (κ2) is 5.28. The van der Waals surface area contributed by atoms with Crippen molar-refractivity contribution in [1.82, 2.24) is 0 Å². The molecule has 0 radical (unpaired) electrons. The van der Waals surface area contributed by atoms with Gasteiger partial charge in [0.05, 0.1) is 19.1 Å². The fraction of sp³-hybridized carbons (Fsp3) is 0.800. The average Bonchev–Trinajstić information content (AvgIpc) is 2.05. The zero-order valence-corrected chi connectivity index (χ0v) is 7.34. The van der Waals surface area contributed by atoms with Gasteiger partial charge in [0, 0.05) is 14.2 Å². The molecular weight excluding hydrogens is 169 g/mol. The van der Waals surface area contributed by atoms with Gasteiger partial charge in [-0.2, -0.15) is 5.26 Å². The Balaban J connectivity index is 3.72. The molecule has 0 aliphatic carbocycles. The fourth-order valence-corrected chi connectivity index (χ4v) is 1.06. The number of hydrogen-bond acceptors (Lipinski definition) is 5. The molecule has 0 bridgehead atoms. The van der Waals surface area contributed by atoms with E-state index in [-0.39, 0.29) is 13.0 Å².